The van der Waals surface area contributed by atoms with Crippen molar-refractivity contribution in [3.8, 4) is 0 Å². The van der Waals surface area contributed by atoms with Crippen LogP contribution >= 0.6 is 0 Å². The van der Waals surface area contributed by atoms with E-state index in [0.717, 1.165) is 25.9 Å². The monoisotopic (exact) mass is 254 g/mol. The van der Waals surface area contributed by atoms with Gasteiger partial charge in [0.1, 0.15) is 0 Å². The van der Waals surface area contributed by atoms with Crippen molar-refractivity contribution < 1.29 is 4.79 Å². The van der Waals surface area contributed by atoms with Crippen LogP contribution < -0.4 is 5.32 Å². The van der Waals surface area contributed by atoms with Crippen LogP contribution in [0.3, 0.4) is 0 Å². The van der Waals surface area contributed by atoms with Gasteiger partial charge in [-0.1, -0.05) is 34.6 Å². The van der Waals surface area contributed by atoms with Crippen LogP contribution in [0.4, 0.5) is 0 Å². The van der Waals surface area contributed by atoms with Crippen molar-refractivity contribution in [3.05, 3.63) is 0 Å². The number of carbonyl (C=O) groups is 1. The summed E-state index contributed by atoms with van der Waals surface area (Å²) in [5.41, 5.74) is 0.484. The summed E-state index contributed by atoms with van der Waals surface area (Å²) >= 11 is 0. The van der Waals surface area contributed by atoms with Crippen LogP contribution in [-0.2, 0) is 4.79 Å². The fraction of sp³-hybridized carbons (Fsp3) is 0.933. The fourth-order valence-corrected chi connectivity index (χ4v) is 2.50. The normalized spacial score (nSPS) is 22.8. The van der Waals surface area contributed by atoms with Gasteiger partial charge in [-0.2, -0.15) is 0 Å². The SMILES string of the molecule is CNC(CN1CCC(C)(C)CCC1=O)C(C)(C)C. The Balaban J connectivity index is 2.68. The fourth-order valence-electron chi connectivity index (χ4n) is 2.50. The highest BCUT2D eigenvalue weighted by molar-refractivity contribution is 5.76. The van der Waals surface area contributed by atoms with Crippen LogP contribution in [0.2, 0.25) is 0 Å². The van der Waals surface area contributed by atoms with Gasteiger partial charge < -0.3 is 10.2 Å². The first-order valence-electron chi connectivity index (χ1n) is 7.11. The Morgan fingerprint density at radius 2 is 1.94 bits per heavy atom. The molecule has 3 nitrogen and oxygen atoms in total. The maximum Gasteiger partial charge on any atom is 0.222 e. The lowest BCUT2D eigenvalue weighted by Gasteiger charge is -2.35. The molecule has 0 aromatic carbocycles. The number of carbonyl (C=O) groups excluding carboxylic acids is 1. The van der Waals surface area contributed by atoms with Crippen LogP contribution in [0, 0.1) is 10.8 Å². The Labute approximate surface area is 112 Å². The molecular weight excluding hydrogens is 224 g/mol. The Hall–Kier alpha value is -0.570. The van der Waals surface area contributed by atoms with Crippen molar-refractivity contribution >= 4 is 5.91 Å². The van der Waals surface area contributed by atoms with Crippen molar-refractivity contribution in [2.45, 2.75) is 59.9 Å². The van der Waals surface area contributed by atoms with E-state index in [0.29, 0.717) is 23.8 Å². The molecule has 0 spiro atoms. The summed E-state index contributed by atoms with van der Waals surface area (Å²) in [4.78, 5) is 14.2. The average Bonchev–Trinajstić information content (AvgIpc) is 2.35. The van der Waals surface area contributed by atoms with E-state index in [-0.39, 0.29) is 5.41 Å². The molecular formula is C15H30N2O. The number of hydrogen-bond acceptors (Lipinski definition) is 2. The van der Waals surface area contributed by atoms with E-state index in [9.17, 15) is 4.79 Å². The standard InChI is InChI=1S/C15H30N2O/c1-14(2,3)12(16-6)11-17-10-9-15(4,5)8-7-13(17)18/h12,16H,7-11H2,1-6H3. The van der Waals surface area contributed by atoms with Crippen LogP contribution in [0.5, 0.6) is 0 Å². The molecule has 0 saturated carbocycles. The molecule has 0 aromatic rings. The van der Waals surface area contributed by atoms with E-state index in [2.05, 4.69) is 44.8 Å². The van der Waals surface area contributed by atoms with Crippen LogP contribution in [0.15, 0.2) is 0 Å². The first-order valence-corrected chi connectivity index (χ1v) is 7.11. The van der Waals surface area contributed by atoms with Crippen molar-refractivity contribution in [2.75, 3.05) is 20.1 Å². The Bertz CT molecular complexity index is 291. The van der Waals surface area contributed by atoms with Gasteiger partial charge >= 0.3 is 0 Å². The van der Waals surface area contributed by atoms with E-state index in [1.54, 1.807) is 0 Å². The van der Waals surface area contributed by atoms with Crippen molar-refractivity contribution in [1.29, 1.82) is 0 Å². The quantitative estimate of drug-likeness (QED) is 0.840. The van der Waals surface area contributed by atoms with Crippen LogP contribution in [0.1, 0.15) is 53.9 Å². The van der Waals surface area contributed by atoms with Crippen molar-refractivity contribution in [1.82, 2.24) is 10.2 Å². The first-order chi connectivity index (χ1) is 8.15. The van der Waals surface area contributed by atoms with Gasteiger partial charge in [0.25, 0.3) is 0 Å². The first kappa shape index (κ1) is 15.5. The van der Waals surface area contributed by atoms with E-state index in [1.165, 1.54) is 0 Å². The number of amides is 1. The summed E-state index contributed by atoms with van der Waals surface area (Å²) in [6, 6.07) is 0.350. The molecule has 0 aromatic heterocycles. The molecule has 1 aliphatic heterocycles. The molecule has 0 bridgehead atoms. The second-order valence-electron chi connectivity index (χ2n) is 7.46. The lowest BCUT2D eigenvalue weighted by atomic mass is 9.85. The Kier molecular flexibility index (Phi) is 4.82. The number of hydrogen-bond donors (Lipinski definition) is 1. The highest BCUT2D eigenvalue weighted by Crippen LogP contribution is 2.31. The van der Waals surface area contributed by atoms with E-state index in [4.69, 9.17) is 0 Å². The predicted molar refractivity (Wildman–Crippen MR) is 76.5 cm³/mol. The van der Waals surface area contributed by atoms with Gasteiger partial charge in [0.15, 0.2) is 0 Å². The topological polar surface area (TPSA) is 32.3 Å². The van der Waals surface area contributed by atoms with Gasteiger partial charge in [-0.3, -0.25) is 4.79 Å². The smallest absolute Gasteiger partial charge is 0.222 e. The molecule has 1 rings (SSSR count). The molecule has 3 heteroatoms. The third-order valence-corrected chi connectivity index (χ3v) is 4.22. The number of nitrogens with one attached hydrogen (secondary N) is 1. The molecule has 106 valence electrons. The predicted octanol–water partition coefficient (Wildman–Crippen LogP) is 2.66. The number of likely N-dealkylation sites (tertiary alicyclic amines) is 1. The molecule has 1 heterocycles. The molecule has 1 fully saturated rings. The largest absolute Gasteiger partial charge is 0.341 e. The van der Waals surface area contributed by atoms with E-state index >= 15 is 0 Å². The number of likely N-dealkylation sites (N-methyl/N-ethyl adjacent to an activating group) is 1. The summed E-state index contributed by atoms with van der Waals surface area (Å²) in [5.74, 6) is 0.324. The van der Waals surface area contributed by atoms with Crippen molar-refractivity contribution in [2.24, 2.45) is 10.8 Å². The molecule has 0 radical (unpaired) electrons. The van der Waals surface area contributed by atoms with Gasteiger partial charge in [-0.25, -0.2) is 0 Å². The van der Waals surface area contributed by atoms with Gasteiger partial charge in [-0.15, -0.1) is 0 Å². The third kappa shape index (κ3) is 4.27. The molecule has 1 saturated heterocycles. The molecule has 1 unspecified atom stereocenters. The zero-order valence-corrected chi connectivity index (χ0v) is 13.0. The zero-order valence-electron chi connectivity index (χ0n) is 13.0. The minimum Gasteiger partial charge on any atom is -0.341 e. The molecule has 0 aliphatic carbocycles. The van der Waals surface area contributed by atoms with E-state index < -0.39 is 0 Å². The maximum atomic E-state index is 12.2. The average molecular weight is 254 g/mol. The minimum absolute atomic E-state index is 0.177. The Morgan fingerprint density at radius 3 is 2.44 bits per heavy atom. The minimum atomic E-state index is 0.177. The van der Waals surface area contributed by atoms with Crippen LogP contribution in [0.25, 0.3) is 0 Å². The summed E-state index contributed by atoms with van der Waals surface area (Å²) < 4.78 is 0. The van der Waals surface area contributed by atoms with E-state index in [1.807, 2.05) is 7.05 Å². The highest BCUT2D eigenvalue weighted by Gasteiger charge is 2.31. The van der Waals surface area contributed by atoms with Gasteiger partial charge in [0, 0.05) is 25.6 Å². The molecule has 1 amide bonds. The highest BCUT2D eigenvalue weighted by atomic mass is 16.2. The molecule has 1 N–H and O–H groups in total. The zero-order chi connectivity index (χ0) is 14.0. The molecule has 1 aliphatic rings. The van der Waals surface area contributed by atoms with Gasteiger partial charge in [0.05, 0.1) is 0 Å². The third-order valence-electron chi connectivity index (χ3n) is 4.22. The summed E-state index contributed by atoms with van der Waals surface area (Å²) in [5, 5.41) is 3.36. The number of rotatable bonds is 3. The summed E-state index contributed by atoms with van der Waals surface area (Å²) in [6.07, 6.45) is 2.83. The second kappa shape index (κ2) is 5.60. The van der Waals surface area contributed by atoms with Gasteiger partial charge in [0.2, 0.25) is 5.91 Å². The van der Waals surface area contributed by atoms with Crippen LogP contribution in [-0.4, -0.2) is 37.0 Å². The number of nitrogens with zero attached hydrogens (tertiary/aromatic N) is 1. The lowest BCUT2D eigenvalue weighted by Crippen LogP contribution is -2.48. The van der Waals surface area contributed by atoms with Crippen molar-refractivity contribution in [3.63, 3.8) is 0 Å². The summed E-state index contributed by atoms with van der Waals surface area (Å²) in [7, 11) is 1.99. The Morgan fingerprint density at radius 1 is 1.33 bits per heavy atom. The molecule has 1 atom stereocenters. The van der Waals surface area contributed by atoms with Gasteiger partial charge in [-0.05, 0) is 30.7 Å². The molecule has 18 heavy (non-hydrogen) atoms. The lowest BCUT2D eigenvalue weighted by molar-refractivity contribution is -0.131. The maximum absolute atomic E-state index is 12.2. The summed E-state index contributed by atoms with van der Waals surface area (Å²) in [6.45, 7) is 12.9. The second-order valence-corrected chi connectivity index (χ2v) is 7.46.